The second kappa shape index (κ2) is 6.05. The minimum Gasteiger partial charge on any atom is -0.497 e. The Balaban J connectivity index is 1.81. The molecular formula is C19H16FN3O2. The van der Waals surface area contributed by atoms with Crippen LogP contribution in [-0.2, 0) is 4.79 Å². The SMILES string of the molecule is COc1cccc(C2CC(=O)Nc3c2cnn3-c2cccc(F)c2)c1. The predicted octanol–water partition coefficient (Wildman–Crippen LogP) is 3.49. The number of nitrogens with zero attached hydrogens (tertiary/aromatic N) is 2. The van der Waals surface area contributed by atoms with Crippen LogP contribution in [0, 0.1) is 5.82 Å². The molecule has 0 bridgehead atoms. The van der Waals surface area contributed by atoms with E-state index in [1.165, 1.54) is 12.1 Å². The smallest absolute Gasteiger partial charge is 0.226 e. The molecule has 126 valence electrons. The third-order valence-electron chi connectivity index (χ3n) is 4.37. The van der Waals surface area contributed by atoms with Gasteiger partial charge in [0.25, 0.3) is 0 Å². The third-order valence-corrected chi connectivity index (χ3v) is 4.37. The topological polar surface area (TPSA) is 56.1 Å². The van der Waals surface area contributed by atoms with Gasteiger partial charge in [0.05, 0.1) is 19.0 Å². The Labute approximate surface area is 144 Å². The summed E-state index contributed by atoms with van der Waals surface area (Å²) < 4.78 is 20.4. The molecule has 1 unspecified atom stereocenters. The first-order valence-electron chi connectivity index (χ1n) is 7.93. The van der Waals surface area contributed by atoms with Gasteiger partial charge in [0.15, 0.2) is 0 Å². The largest absolute Gasteiger partial charge is 0.497 e. The van der Waals surface area contributed by atoms with Gasteiger partial charge in [-0.25, -0.2) is 9.07 Å². The number of carbonyl (C=O) groups excluding carboxylic acids is 1. The first-order valence-corrected chi connectivity index (χ1v) is 7.93. The van der Waals surface area contributed by atoms with E-state index in [4.69, 9.17) is 4.74 Å². The molecule has 2 heterocycles. The molecule has 0 spiro atoms. The number of hydrogen-bond donors (Lipinski definition) is 1. The van der Waals surface area contributed by atoms with Crippen molar-refractivity contribution in [1.82, 2.24) is 9.78 Å². The van der Waals surface area contributed by atoms with Gasteiger partial charge in [-0.05, 0) is 35.9 Å². The molecule has 0 saturated heterocycles. The van der Waals surface area contributed by atoms with Crippen LogP contribution in [0.15, 0.2) is 54.7 Å². The van der Waals surface area contributed by atoms with Gasteiger partial charge in [-0.2, -0.15) is 5.10 Å². The van der Waals surface area contributed by atoms with Crippen LogP contribution in [0.25, 0.3) is 5.69 Å². The maximum Gasteiger partial charge on any atom is 0.226 e. The Hall–Kier alpha value is -3.15. The predicted molar refractivity (Wildman–Crippen MR) is 91.6 cm³/mol. The monoisotopic (exact) mass is 337 g/mol. The van der Waals surface area contributed by atoms with Crippen molar-refractivity contribution in [3.63, 3.8) is 0 Å². The Morgan fingerprint density at radius 2 is 2.08 bits per heavy atom. The van der Waals surface area contributed by atoms with Crippen LogP contribution in [0.4, 0.5) is 10.2 Å². The van der Waals surface area contributed by atoms with Crippen molar-refractivity contribution in [2.45, 2.75) is 12.3 Å². The van der Waals surface area contributed by atoms with Crippen LogP contribution < -0.4 is 10.1 Å². The molecule has 1 aromatic heterocycles. The number of carbonyl (C=O) groups is 1. The van der Waals surface area contributed by atoms with E-state index in [9.17, 15) is 9.18 Å². The summed E-state index contributed by atoms with van der Waals surface area (Å²) in [6.45, 7) is 0. The zero-order chi connectivity index (χ0) is 17.4. The van der Waals surface area contributed by atoms with Crippen molar-refractivity contribution in [2.75, 3.05) is 12.4 Å². The molecule has 25 heavy (non-hydrogen) atoms. The van der Waals surface area contributed by atoms with Gasteiger partial charge < -0.3 is 10.1 Å². The van der Waals surface area contributed by atoms with Crippen LogP contribution >= 0.6 is 0 Å². The summed E-state index contributed by atoms with van der Waals surface area (Å²) in [7, 11) is 1.61. The van der Waals surface area contributed by atoms with E-state index in [0.29, 0.717) is 17.9 Å². The molecule has 1 aliphatic heterocycles. The third kappa shape index (κ3) is 2.76. The molecule has 0 aliphatic carbocycles. The van der Waals surface area contributed by atoms with E-state index in [0.717, 1.165) is 16.9 Å². The number of rotatable bonds is 3. The number of halogens is 1. The van der Waals surface area contributed by atoms with Gasteiger partial charge in [-0.1, -0.05) is 18.2 Å². The zero-order valence-corrected chi connectivity index (χ0v) is 13.6. The van der Waals surface area contributed by atoms with Gasteiger partial charge in [0.2, 0.25) is 5.91 Å². The van der Waals surface area contributed by atoms with Crippen molar-refractivity contribution in [3.8, 4) is 11.4 Å². The molecule has 0 fully saturated rings. The number of benzene rings is 2. The summed E-state index contributed by atoms with van der Waals surface area (Å²) in [5.41, 5.74) is 2.44. The quantitative estimate of drug-likeness (QED) is 0.796. The maximum absolute atomic E-state index is 13.6. The lowest BCUT2D eigenvalue weighted by molar-refractivity contribution is -0.116. The summed E-state index contributed by atoms with van der Waals surface area (Å²) >= 11 is 0. The van der Waals surface area contributed by atoms with Crippen LogP contribution in [-0.4, -0.2) is 22.8 Å². The minimum atomic E-state index is -0.353. The highest BCUT2D eigenvalue weighted by Crippen LogP contribution is 2.38. The summed E-state index contributed by atoms with van der Waals surface area (Å²) in [5.74, 6) is 0.741. The van der Waals surface area contributed by atoms with Gasteiger partial charge in [-0.15, -0.1) is 0 Å². The highest BCUT2D eigenvalue weighted by atomic mass is 19.1. The summed E-state index contributed by atoms with van der Waals surface area (Å²) in [4.78, 5) is 12.3. The van der Waals surface area contributed by atoms with Gasteiger partial charge in [0, 0.05) is 17.9 Å². The molecule has 6 heteroatoms. The van der Waals surface area contributed by atoms with Crippen molar-refractivity contribution in [2.24, 2.45) is 0 Å². The average molecular weight is 337 g/mol. The van der Waals surface area contributed by atoms with E-state index in [2.05, 4.69) is 10.4 Å². The number of amides is 1. The molecule has 0 radical (unpaired) electrons. The highest BCUT2D eigenvalue weighted by Gasteiger charge is 2.30. The average Bonchev–Trinajstić information content (AvgIpc) is 3.04. The van der Waals surface area contributed by atoms with Gasteiger partial charge in [-0.3, -0.25) is 4.79 Å². The Bertz CT molecular complexity index is 951. The van der Waals surface area contributed by atoms with Crippen LogP contribution in [0.1, 0.15) is 23.5 Å². The standard InChI is InChI=1S/C19H16FN3O2/c1-25-15-7-2-4-12(8-15)16-10-18(24)22-19-17(16)11-21-23(19)14-6-3-5-13(20)9-14/h2-9,11,16H,10H2,1H3,(H,22,24). The van der Waals surface area contributed by atoms with Crippen molar-refractivity contribution < 1.29 is 13.9 Å². The first kappa shape index (κ1) is 15.4. The van der Waals surface area contributed by atoms with E-state index in [-0.39, 0.29) is 17.6 Å². The molecule has 1 N–H and O–H groups in total. The lowest BCUT2D eigenvalue weighted by Crippen LogP contribution is -2.24. The minimum absolute atomic E-state index is 0.0986. The molecule has 0 saturated carbocycles. The van der Waals surface area contributed by atoms with E-state index in [1.54, 1.807) is 30.1 Å². The number of aromatic nitrogens is 2. The van der Waals surface area contributed by atoms with Crippen LogP contribution in [0.5, 0.6) is 5.75 Å². The fourth-order valence-corrected chi connectivity index (χ4v) is 3.18. The summed E-state index contributed by atoms with van der Waals surface area (Å²) in [6.07, 6.45) is 2.05. The molecular weight excluding hydrogens is 321 g/mol. The lowest BCUT2D eigenvalue weighted by Gasteiger charge is -2.24. The molecule has 1 aliphatic rings. The first-order chi connectivity index (χ1) is 12.2. The fraction of sp³-hybridized carbons (Fsp3) is 0.158. The van der Waals surface area contributed by atoms with Gasteiger partial charge >= 0.3 is 0 Å². The normalized spacial score (nSPS) is 16.2. The number of anilines is 1. The molecule has 3 aromatic rings. The Morgan fingerprint density at radius 1 is 1.24 bits per heavy atom. The second-order valence-electron chi connectivity index (χ2n) is 5.92. The second-order valence-corrected chi connectivity index (χ2v) is 5.92. The van der Waals surface area contributed by atoms with Crippen LogP contribution in [0.2, 0.25) is 0 Å². The van der Waals surface area contributed by atoms with E-state index < -0.39 is 0 Å². The molecule has 1 atom stereocenters. The Kier molecular flexibility index (Phi) is 3.72. The molecule has 5 nitrogen and oxygen atoms in total. The molecule has 4 rings (SSSR count). The summed E-state index contributed by atoms with van der Waals surface area (Å²) in [6, 6.07) is 13.8. The number of hydrogen-bond acceptors (Lipinski definition) is 3. The van der Waals surface area contributed by atoms with E-state index in [1.807, 2.05) is 24.3 Å². The summed E-state index contributed by atoms with van der Waals surface area (Å²) in [5, 5.41) is 7.23. The molecule has 1 amide bonds. The maximum atomic E-state index is 13.6. The fourth-order valence-electron chi connectivity index (χ4n) is 3.18. The van der Waals surface area contributed by atoms with Crippen molar-refractivity contribution in [3.05, 3.63) is 71.7 Å². The zero-order valence-electron chi connectivity index (χ0n) is 13.6. The lowest BCUT2D eigenvalue weighted by atomic mass is 9.87. The number of nitrogens with one attached hydrogen (secondary N) is 1. The number of ether oxygens (including phenoxy) is 1. The number of fused-ring (bicyclic) bond motifs is 1. The van der Waals surface area contributed by atoms with Gasteiger partial charge in [0.1, 0.15) is 17.4 Å². The highest BCUT2D eigenvalue weighted by molar-refractivity contribution is 5.94. The van der Waals surface area contributed by atoms with Crippen LogP contribution in [0.3, 0.4) is 0 Å². The van der Waals surface area contributed by atoms with Crippen molar-refractivity contribution >= 4 is 11.7 Å². The van der Waals surface area contributed by atoms with E-state index >= 15 is 0 Å². The van der Waals surface area contributed by atoms with Crippen molar-refractivity contribution in [1.29, 1.82) is 0 Å². The molecule has 2 aromatic carbocycles. The Morgan fingerprint density at radius 3 is 2.88 bits per heavy atom. The number of methoxy groups -OCH3 is 1.